The standard InChI is InChI=1S/C15H27N5/c1-9(2)13-18-11(7-12(19-13)20-16)17-8-10-14(3,4)15(10,5)6/h7,9-10H,8,16H2,1-6H3,(H2,17,18,19,20). The van der Waals surface area contributed by atoms with Gasteiger partial charge in [0.15, 0.2) is 0 Å². The first kappa shape index (κ1) is 15.0. The molecule has 5 nitrogen and oxygen atoms in total. The number of nitrogen functional groups attached to an aromatic ring is 1. The molecular weight excluding hydrogens is 250 g/mol. The fourth-order valence-electron chi connectivity index (χ4n) is 2.94. The van der Waals surface area contributed by atoms with Gasteiger partial charge < -0.3 is 10.7 Å². The molecule has 0 amide bonds. The summed E-state index contributed by atoms with van der Waals surface area (Å²) in [6.45, 7) is 14.4. The molecule has 0 unspecified atom stereocenters. The number of hydrogen-bond donors (Lipinski definition) is 3. The molecule has 112 valence electrons. The second kappa shape index (κ2) is 4.88. The van der Waals surface area contributed by atoms with Crippen LogP contribution in [0.3, 0.4) is 0 Å². The molecule has 2 rings (SSSR count). The molecule has 0 saturated heterocycles. The van der Waals surface area contributed by atoms with Crippen LogP contribution in [0.2, 0.25) is 0 Å². The molecule has 1 fully saturated rings. The van der Waals surface area contributed by atoms with Crippen LogP contribution in [-0.2, 0) is 0 Å². The molecule has 1 aromatic rings. The Bertz CT molecular complexity index is 479. The van der Waals surface area contributed by atoms with Gasteiger partial charge in [-0.25, -0.2) is 15.8 Å². The lowest BCUT2D eigenvalue weighted by atomic mass is 10.0. The van der Waals surface area contributed by atoms with Crippen LogP contribution in [0.1, 0.15) is 53.3 Å². The molecule has 1 saturated carbocycles. The van der Waals surface area contributed by atoms with Crippen molar-refractivity contribution in [1.29, 1.82) is 0 Å². The molecule has 5 heteroatoms. The molecule has 0 atom stereocenters. The van der Waals surface area contributed by atoms with E-state index in [2.05, 4.69) is 62.3 Å². The highest BCUT2D eigenvalue weighted by molar-refractivity contribution is 5.47. The Morgan fingerprint density at radius 3 is 2.15 bits per heavy atom. The zero-order chi connectivity index (χ0) is 15.1. The Balaban J connectivity index is 2.09. The minimum Gasteiger partial charge on any atom is -0.370 e. The van der Waals surface area contributed by atoms with Crippen molar-refractivity contribution in [2.24, 2.45) is 22.6 Å². The maximum atomic E-state index is 5.47. The van der Waals surface area contributed by atoms with Gasteiger partial charge in [-0.15, -0.1) is 0 Å². The van der Waals surface area contributed by atoms with Crippen molar-refractivity contribution in [1.82, 2.24) is 9.97 Å². The maximum Gasteiger partial charge on any atom is 0.145 e. The van der Waals surface area contributed by atoms with Crippen molar-refractivity contribution >= 4 is 11.6 Å². The summed E-state index contributed by atoms with van der Waals surface area (Å²) >= 11 is 0. The number of nitrogens with two attached hydrogens (primary N) is 1. The number of aromatic nitrogens is 2. The highest BCUT2D eigenvalue weighted by atomic mass is 15.3. The molecule has 1 aromatic heterocycles. The summed E-state index contributed by atoms with van der Waals surface area (Å²) in [5.74, 6) is 8.70. The Labute approximate surface area is 121 Å². The first-order valence-corrected chi connectivity index (χ1v) is 7.29. The average molecular weight is 277 g/mol. The fourth-order valence-corrected chi connectivity index (χ4v) is 2.94. The van der Waals surface area contributed by atoms with Crippen molar-refractivity contribution < 1.29 is 0 Å². The van der Waals surface area contributed by atoms with Crippen molar-refractivity contribution in [2.45, 2.75) is 47.5 Å². The first-order chi connectivity index (χ1) is 9.20. The first-order valence-electron chi connectivity index (χ1n) is 7.29. The number of rotatable bonds is 5. The molecule has 0 radical (unpaired) electrons. The minimum atomic E-state index is 0.276. The molecule has 0 spiro atoms. The average Bonchev–Trinajstić information content (AvgIpc) is 2.76. The summed E-state index contributed by atoms with van der Waals surface area (Å²) in [5.41, 5.74) is 3.36. The Kier molecular flexibility index (Phi) is 3.67. The summed E-state index contributed by atoms with van der Waals surface area (Å²) in [7, 11) is 0. The second-order valence-corrected chi connectivity index (χ2v) is 7.17. The van der Waals surface area contributed by atoms with Gasteiger partial charge in [-0.2, -0.15) is 0 Å². The van der Waals surface area contributed by atoms with E-state index in [9.17, 15) is 0 Å². The van der Waals surface area contributed by atoms with E-state index in [4.69, 9.17) is 5.84 Å². The lowest BCUT2D eigenvalue weighted by Gasteiger charge is -2.12. The molecule has 1 aliphatic rings. The smallest absolute Gasteiger partial charge is 0.145 e. The SMILES string of the molecule is CC(C)c1nc(NN)cc(NCC2C(C)(C)C2(C)C)n1. The Morgan fingerprint density at radius 2 is 1.70 bits per heavy atom. The van der Waals surface area contributed by atoms with Gasteiger partial charge in [0, 0.05) is 18.5 Å². The lowest BCUT2D eigenvalue weighted by molar-refractivity contribution is 0.457. The largest absolute Gasteiger partial charge is 0.370 e. The molecule has 0 aromatic carbocycles. The lowest BCUT2D eigenvalue weighted by Crippen LogP contribution is -2.14. The molecular formula is C15H27N5. The summed E-state index contributed by atoms with van der Waals surface area (Å²) in [6.07, 6.45) is 0. The number of nitrogens with zero attached hydrogens (tertiary/aromatic N) is 2. The van der Waals surface area contributed by atoms with E-state index in [-0.39, 0.29) is 5.92 Å². The molecule has 1 aliphatic carbocycles. The van der Waals surface area contributed by atoms with E-state index >= 15 is 0 Å². The summed E-state index contributed by atoms with van der Waals surface area (Å²) in [4.78, 5) is 8.92. The van der Waals surface area contributed by atoms with Gasteiger partial charge in [0.05, 0.1) is 0 Å². The van der Waals surface area contributed by atoms with Gasteiger partial charge in [0.25, 0.3) is 0 Å². The maximum absolute atomic E-state index is 5.47. The minimum absolute atomic E-state index is 0.276. The van der Waals surface area contributed by atoms with Gasteiger partial charge in [-0.1, -0.05) is 41.5 Å². The van der Waals surface area contributed by atoms with Crippen molar-refractivity contribution in [3.63, 3.8) is 0 Å². The van der Waals surface area contributed by atoms with Crippen LogP contribution in [0.15, 0.2) is 6.07 Å². The van der Waals surface area contributed by atoms with Gasteiger partial charge in [0.1, 0.15) is 17.5 Å². The number of hydrazine groups is 1. The van der Waals surface area contributed by atoms with Crippen molar-refractivity contribution in [3.8, 4) is 0 Å². The van der Waals surface area contributed by atoms with Crippen LogP contribution in [0.5, 0.6) is 0 Å². The fraction of sp³-hybridized carbons (Fsp3) is 0.733. The predicted molar refractivity (Wildman–Crippen MR) is 83.5 cm³/mol. The zero-order valence-electron chi connectivity index (χ0n) is 13.4. The molecule has 4 N–H and O–H groups in total. The van der Waals surface area contributed by atoms with Crippen molar-refractivity contribution in [2.75, 3.05) is 17.3 Å². The van der Waals surface area contributed by atoms with E-state index in [1.165, 1.54) is 0 Å². The molecule has 1 heterocycles. The molecule has 0 aliphatic heterocycles. The van der Waals surface area contributed by atoms with E-state index in [0.717, 1.165) is 18.2 Å². The van der Waals surface area contributed by atoms with E-state index in [0.29, 0.717) is 22.6 Å². The van der Waals surface area contributed by atoms with Gasteiger partial charge >= 0.3 is 0 Å². The Morgan fingerprint density at radius 1 is 1.15 bits per heavy atom. The highest BCUT2D eigenvalue weighted by Crippen LogP contribution is 2.68. The van der Waals surface area contributed by atoms with Gasteiger partial charge in [-0.3, -0.25) is 0 Å². The quantitative estimate of drug-likeness (QED) is 0.570. The molecule has 0 bridgehead atoms. The summed E-state index contributed by atoms with van der Waals surface area (Å²) in [6, 6.07) is 1.86. The van der Waals surface area contributed by atoms with Crippen LogP contribution in [-0.4, -0.2) is 16.5 Å². The molecule has 20 heavy (non-hydrogen) atoms. The van der Waals surface area contributed by atoms with Crippen LogP contribution in [0.4, 0.5) is 11.6 Å². The zero-order valence-corrected chi connectivity index (χ0v) is 13.4. The second-order valence-electron chi connectivity index (χ2n) is 7.17. The predicted octanol–water partition coefficient (Wildman–Crippen LogP) is 2.98. The Hall–Kier alpha value is -1.36. The van der Waals surface area contributed by atoms with Crippen molar-refractivity contribution in [3.05, 3.63) is 11.9 Å². The van der Waals surface area contributed by atoms with Gasteiger partial charge in [-0.05, 0) is 16.7 Å². The number of nitrogens with one attached hydrogen (secondary N) is 2. The van der Waals surface area contributed by atoms with E-state index < -0.39 is 0 Å². The van der Waals surface area contributed by atoms with Crippen LogP contribution < -0.4 is 16.6 Å². The van der Waals surface area contributed by atoms with E-state index in [1.54, 1.807) is 0 Å². The monoisotopic (exact) mass is 277 g/mol. The van der Waals surface area contributed by atoms with Crippen LogP contribution >= 0.6 is 0 Å². The number of anilines is 2. The van der Waals surface area contributed by atoms with Gasteiger partial charge in [0.2, 0.25) is 0 Å². The summed E-state index contributed by atoms with van der Waals surface area (Å²) in [5, 5.41) is 3.44. The van der Waals surface area contributed by atoms with Crippen LogP contribution in [0, 0.1) is 16.7 Å². The third-order valence-corrected chi connectivity index (χ3v) is 5.21. The third-order valence-electron chi connectivity index (χ3n) is 5.21. The topological polar surface area (TPSA) is 75.9 Å². The highest BCUT2D eigenvalue weighted by Gasteiger charge is 2.64. The normalized spacial score (nSPS) is 20.0. The summed E-state index contributed by atoms with van der Waals surface area (Å²) < 4.78 is 0. The third kappa shape index (κ3) is 2.46. The number of hydrogen-bond acceptors (Lipinski definition) is 5. The van der Waals surface area contributed by atoms with Crippen LogP contribution in [0.25, 0.3) is 0 Å². The van der Waals surface area contributed by atoms with E-state index in [1.807, 2.05) is 6.07 Å².